The van der Waals surface area contributed by atoms with E-state index in [-0.39, 0.29) is 18.3 Å². The molecule has 0 unspecified atom stereocenters. The Hall–Kier alpha value is -2.81. The number of hydrogen-bond donors (Lipinski definition) is 0. The number of thioether (sulfide) groups is 2. The second-order valence-electron chi connectivity index (χ2n) is 7.24. The van der Waals surface area contributed by atoms with E-state index >= 15 is 0 Å². The second kappa shape index (κ2) is 11.1. The Bertz CT molecular complexity index is 1260. The fourth-order valence-electron chi connectivity index (χ4n) is 3.36. The van der Waals surface area contributed by atoms with E-state index in [0.717, 1.165) is 16.1 Å². The van der Waals surface area contributed by atoms with Gasteiger partial charge in [0.25, 0.3) is 5.91 Å². The van der Waals surface area contributed by atoms with Crippen molar-refractivity contribution in [2.75, 3.05) is 17.8 Å². The fraction of sp³-hybridized carbons (Fsp3) is 0.154. The summed E-state index contributed by atoms with van der Waals surface area (Å²) in [7, 11) is 0. The molecule has 174 valence electrons. The average Bonchev–Trinajstić information content (AvgIpc) is 3.12. The Balaban J connectivity index is 1.56. The topological polar surface area (TPSA) is 38.8 Å². The van der Waals surface area contributed by atoms with Gasteiger partial charge in [-0.1, -0.05) is 54.3 Å². The molecular formula is C26H22FNO3S3. The molecule has 1 aliphatic rings. The molecule has 1 fully saturated rings. The first-order chi connectivity index (χ1) is 16.5. The maximum Gasteiger partial charge on any atom is 0.270 e. The number of benzene rings is 3. The molecule has 0 saturated carbocycles. The van der Waals surface area contributed by atoms with E-state index in [9.17, 15) is 9.18 Å². The molecule has 0 aromatic heterocycles. The van der Waals surface area contributed by atoms with Gasteiger partial charge in [0.15, 0.2) is 15.8 Å². The van der Waals surface area contributed by atoms with Crippen molar-refractivity contribution < 1.29 is 18.7 Å². The zero-order valence-electron chi connectivity index (χ0n) is 18.6. The zero-order chi connectivity index (χ0) is 24.1. The molecule has 0 N–H and O–H groups in total. The Kier molecular flexibility index (Phi) is 7.92. The molecule has 4 rings (SSSR count). The highest BCUT2D eigenvalue weighted by molar-refractivity contribution is 8.27. The third-order valence-electron chi connectivity index (χ3n) is 5.01. The van der Waals surface area contributed by atoms with Crippen LogP contribution in [0.25, 0.3) is 6.08 Å². The molecular weight excluding hydrogens is 489 g/mol. The number of carbonyl (C=O) groups excluding carboxylic acids is 1. The molecule has 1 amide bonds. The Morgan fingerprint density at radius 2 is 1.88 bits per heavy atom. The van der Waals surface area contributed by atoms with Crippen molar-refractivity contribution in [2.45, 2.75) is 18.4 Å². The van der Waals surface area contributed by atoms with E-state index in [1.807, 2.05) is 43.5 Å². The maximum atomic E-state index is 13.9. The summed E-state index contributed by atoms with van der Waals surface area (Å²) in [4.78, 5) is 16.3. The van der Waals surface area contributed by atoms with Gasteiger partial charge >= 0.3 is 0 Å². The smallest absolute Gasteiger partial charge is 0.270 e. The van der Waals surface area contributed by atoms with Crippen LogP contribution in [0.5, 0.6) is 11.5 Å². The molecule has 0 atom stereocenters. The number of halogens is 1. The van der Waals surface area contributed by atoms with E-state index in [2.05, 4.69) is 0 Å². The van der Waals surface area contributed by atoms with Gasteiger partial charge < -0.3 is 9.47 Å². The molecule has 0 aliphatic carbocycles. The first kappa shape index (κ1) is 24.3. The van der Waals surface area contributed by atoms with Crippen LogP contribution in [0.2, 0.25) is 0 Å². The Morgan fingerprint density at radius 1 is 1.06 bits per heavy atom. The van der Waals surface area contributed by atoms with Crippen molar-refractivity contribution in [3.05, 3.63) is 88.6 Å². The number of nitrogens with zero attached hydrogens (tertiary/aromatic N) is 1. The first-order valence-electron chi connectivity index (χ1n) is 10.5. The summed E-state index contributed by atoms with van der Waals surface area (Å²) < 4.78 is 26.0. The molecule has 1 aliphatic heterocycles. The van der Waals surface area contributed by atoms with Gasteiger partial charge in [-0.25, -0.2) is 4.39 Å². The average molecular weight is 512 g/mol. The number of rotatable bonds is 8. The number of anilines is 1. The summed E-state index contributed by atoms with van der Waals surface area (Å²) in [5, 5.41) is 0. The number of amides is 1. The number of ether oxygens (including phenoxy) is 2. The highest BCUT2D eigenvalue weighted by Crippen LogP contribution is 2.38. The molecule has 0 radical (unpaired) electrons. The van der Waals surface area contributed by atoms with Crippen LogP contribution in [0.3, 0.4) is 0 Å². The molecule has 4 nitrogen and oxygen atoms in total. The molecule has 1 heterocycles. The molecule has 34 heavy (non-hydrogen) atoms. The van der Waals surface area contributed by atoms with Gasteiger partial charge in [-0.15, -0.1) is 11.8 Å². The summed E-state index contributed by atoms with van der Waals surface area (Å²) in [6.07, 6.45) is 3.78. The van der Waals surface area contributed by atoms with Crippen molar-refractivity contribution in [1.82, 2.24) is 0 Å². The SMILES string of the molecule is CCOc1cc(/C=C2/SC(=S)N(c3cccc(SC)c3)C2=O)ccc1OCc1ccccc1F. The van der Waals surface area contributed by atoms with E-state index in [4.69, 9.17) is 21.7 Å². The predicted molar refractivity (Wildman–Crippen MR) is 142 cm³/mol. The molecule has 0 spiro atoms. The van der Waals surface area contributed by atoms with Crippen LogP contribution < -0.4 is 14.4 Å². The van der Waals surface area contributed by atoms with Gasteiger partial charge in [0.05, 0.1) is 17.2 Å². The predicted octanol–water partition coefficient (Wildman–Crippen LogP) is 6.93. The van der Waals surface area contributed by atoms with E-state index < -0.39 is 0 Å². The summed E-state index contributed by atoms with van der Waals surface area (Å²) in [6.45, 7) is 2.40. The lowest BCUT2D eigenvalue weighted by atomic mass is 10.1. The Morgan fingerprint density at radius 3 is 2.65 bits per heavy atom. The quantitative estimate of drug-likeness (QED) is 0.185. The van der Waals surface area contributed by atoms with Crippen LogP contribution in [0.15, 0.2) is 76.5 Å². The zero-order valence-corrected chi connectivity index (χ0v) is 21.1. The second-order valence-corrected chi connectivity index (χ2v) is 9.79. The lowest BCUT2D eigenvalue weighted by Gasteiger charge is -2.15. The maximum absolute atomic E-state index is 13.9. The third kappa shape index (κ3) is 5.46. The normalized spacial score (nSPS) is 14.7. The van der Waals surface area contributed by atoms with Crippen LogP contribution in [0.4, 0.5) is 10.1 Å². The minimum absolute atomic E-state index is 0.0832. The van der Waals surface area contributed by atoms with Crippen LogP contribution in [-0.4, -0.2) is 23.1 Å². The minimum atomic E-state index is -0.317. The fourth-order valence-corrected chi connectivity index (χ4v) is 5.12. The molecule has 8 heteroatoms. The lowest BCUT2D eigenvalue weighted by Crippen LogP contribution is -2.27. The molecule has 3 aromatic carbocycles. The standard InChI is InChI=1S/C26H22FNO3S3/c1-3-30-23-13-17(11-12-22(23)31-16-18-7-4-5-10-21(18)27)14-24-25(29)28(26(32)34-24)19-8-6-9-20(15-19)33-2/h4-15H,3,16H2,1-2H3/b24-14+. The molecule has 3 aromatic rings. The van der Waals surface area contributed by atoms with Crippen molar-refractivity contribution in [1.29, 1.82) is 0 Å². The van der Waals surface area contributed by atoms with Crippen LogP contribution in [0, 0.1) is 5.82 Å². The summed E-state index contributed by atoms with van der Waals surface area (Å²) in [6, 6.07) is 19.6. The van der Waals surface area contributed by atoms with Gasteiger partial charge in [0.2, 0.25) is 0 Å². The summed E-state index contributed by atoms with van der Waals surface area (Å²) in [5.41, 5.74) is 1.99. The van der Waals surface area contributed by atoms with Crippen molar-refractivity contribution in [3.63, 3.8) is 0 Å². The summed E-state index contributed by atoms with van der Waals surface area (Å²) in [5.74, 6) is 0.549. The first-order valence-corrected chi connectivity index (χ1v) is 13.0. The summed E-state index contributed by atoms with van der Waals surface area (Å²) >= 11 is 8.37. The highest BCUT2D eigenvalue weighted by atomic mass is 32.2. The van der Waals surface area contributed by atoms with Gasteiger partial charge in [0, 0.05) is 10.5 Å². The van der Waals surface area contributed by atoms with Gasteiger partial charge in [-0.05, 0) is 61.2 Å². The number of thiocarbonyl (C=S) groups is 1. The van der Waals surface area contributed by atoms with E-state index in [1.165, 1.54) is 17.8 Å². The Labute approximate surface area is 212 Å². The largest absolute Gasteiger partial charge is 0.490 e. The van der Waals surface area contributed by atoms with Gasteiger partial charge in [-0.3, -0.25) is 9.69 Å². The number of hydrogen-bond acceptors (Lipinski definition) is 6. The third-order valence-corrected chi connectivity index (χ3v) is 7.04. The number of carbonyl (C=O) groups is 1. The monoisotopic (exact) mass is 511 g/mol. The molecule has 0 bridgehead atoms. The van der Waals surface area contributed by atoms with Gasteiger partial charge in [0.1, 0.15) is 12.4 Å². The van der Waals surface area contributed by atoms with Crippen LogP contribution in [0.1, 0.15) is 18.1 Å². The lowest BCUT2D eigenvalue weighted by molar-refractivity contribution is -0.113. The van der Waals surface area contributed by atoms with Crippen molar-refractivity contribution in [2.24, 2.45) is 0 Å². The van der Waals surface area contributed by atoms with E-state index in [1.54, 1.807) is 53.1 Å². The van der Waals surface area contributed by atoms with Crippen molar-refractivity contribution in [3.8, 4) is 11.5 Å². The van der Waals surface area contributed by atoms with Crippen molar-refractivity contribution >= 4 is 57.7 Å². The highest BCUT2D eigenvalue weighted by Gasteiger charge is 2.33. The molecule has 1 saturated heterocycles. The van der Waals surface area contributed by atoms with Crippen LogP contribution >= 0.6 is 35.7 Å². The van der Waals surface area contributed by atoms with E-state index in [0.29, 0.717) is 32.9 Å². The van der Waals surface area contributed by atoms with Crippen LogP contribution in [-0.2, 0) is 11.4 Å². The van der Waals surface area contributed by atoms with Gasteiger partial charge in [-0.2, -0.15) is 0 Å². The minimum Gasteiger partial charge on any atom is -0.490 e.